The van der Waals surface area contributed by atoms with Crippen LogP contribution in [0.2, 0.25) is 0 Å². The van der Waals surface area contributed by atoms with Crippen molar-refractivity contribution in [3.05, 3.63) is 36.2 Å². The molecule has 0 aliphatic rings. The van der Waals surface area contributed by atoms with Gasteiger partial charge in [0.1, 0.15) is 0 Å². The zero-order valence-corrected chi connectivity index (χ0v) is 9.36. The minimum atomic E-state index is 0.546. The van der Waals surface area contributed by atoms with Crippen LogP contribution in [0.4, 0.5) is 0 Å². The molecule has 0 spiro atoms. The molecule has 0 aromatic carbocycles. The normalized spacial score (nSPS) is 10.1. The van der Waals surface area contributed by atoms with Gasteiger partial charge in [0.05, 0.1) is 11.7 Å². The molecular formula is C12H18N2. The predicted molar refractivity (Wildman–Crippen MR) is 60.6 cm³/mol. The standard InChI is InChI=1S/C10H12N2.C2H6/c1-8(2)9-7-11-12-6-4-3-5-10(9)12;1-2/h3-8H,1-2H3;1-2H3. The topological polar surface area (TPSA) is 17.3 Å². The first-order valence-electron chi connectivity index (χ1n) is 5.21. The maximum atomic E-state index is 4.26. The summed E-state index contributed by atoms with van der Waals surface area (Å²) < 4.78 is 1.91. The Hall–Kier alpha value is -1.31. The van der Waals surface area contributed by atoms with Gasteiger partial charge in [-0.25, -0.2) is 4.52 Å². The summed E-state index contributed by atoms with van der Waals surface area (Å²) in [4.78, 5) is 0. The van der Waals surface area contributed by atoms with E-state index in [0.717, 1.165) is 0 Å². The molecule has 0 bridgehead atoms. The van der Waals surface area contributed by atoms with Crippen LogP contribution in [0, 0.1) is 0 Å². The second-order valence-electron chi connectivity index (χ2n) is 3.29. The van der Waals surface area contributed by atoms with Gasteiger partial charge in [0.2, 0.25) is 0 Å². The first-order chi connectivity index (χ1) is 6.79. The van der Waals surface area contributed by atoms with Crippen LogP contribution in [0.25, 0.3) is 5.52 Å². The Morgan fingerprint density at radius 3 is 2.57 bits per heavy atom. The smallest absolute Gasteiger partial charge is 0.0696 e. The number of fused-ring (bicyclic) bond motifs is 1. The monoisotopic (exact) mass is 190 g/mol. The van der Waals surface area contributed by atoms with Crippen LogP contribution in [-0.4, -0.2) is 9.61 Å². The molecule has 2 nitrogen and oxygen atoms in total. The Kier molecular flexibility index (Phi) is 3.69. The van der Waals surface area contributed by atoms with Gasteiger partial charge in [-0.2, -0.15) is 5.10 Å². The number of aromatic nitrogens is 2. The lowest BCUT2D eigenvalue weighted by Gasteiger charge is -2.00. The first kappa shape index (κ1) is 10.8. The highest BCUT2D eigenvalue weighted by Gasteiger charge is 2.05. The zero-order valence-electron chi connectivity index (χ0n) is 9.36. The van der Waals surface area contributed by atoms with E-state index in [4.69, 9.17) is 0 Å². The van der Waals surface area contributed by atoms with Gasteiger partial charge in [-0.1, -0.05) is 33.8 Å². The summed E-state index contributed by atoms with van der Waals surface area (Å²) in [5.74, 6) is 0.546. The van der Waals surface area contributed by atoms with Crippen LogP contribution in [-0.2, 0) is 0 Å². The Balaban J connectivity index is 0.000000461. The number of nitrogens with zero attached hydrogens (tertiary/aromatic N) is 2. The van der Waals surface area contributed by atoms with E-state index in [1.807, 2.05) is 42.9 Å². The molecule has 76 valence electrons. The summed E-state index contributed by atoms with van der Waals surface area (Å²) in [6.45, 7) is 8.37. The average Bonchev–Trinajstić information content (AvgIpc) is 2.64. The summed E-state index contributed by atoms with van der Waals surface area (Å²) in [6.07, 6.45) is 3.92. The molecule has 0 saturated heterocycles. The second kappa shape index (κ2) is 4.80. The fourth-order valence-electron chi connectivity index (χ4n) is 1.40. The molecular weight excluding hydrogens is 172 g/mol. The molecule has 2 heteroatoms. The van der Waals surface area contributed by atoms with Crippen molar-refractivity contribution < 1.29 is 0 Å². The maximum absolute atomic E-state index is 4.26. The molecule has 0 saturated carbocycles. The number of hydrogen-bond donors (Lipinski definition) is 0. The molecule has 2 aromatic rings. The molecule has 0 atom stereocenters. The van der Waals surface area contributed by atoms with Gasteiger partial charge in [0.15, 0.2) is 0 Å². The summed E-state index contributed by atoms with van der Waals surface area (Å²) in [5.41, 5.74) is 2.53. The fraction of sp³-hybridized carbons (Fsp3) is 0.417. The van der Waals surface area contributed by atoms with Gasteiger partial charge in [0, 0.05) is 11.8 Å². The van der Waals surface area contributed by atoms with E-state index in [-0.39, 0.29) is 0 Å². The van der Waals surface area contributed by atoms with Gasteiger partial charge >= 0.3 is 0 Å². The summed E-state index contributed by atoms with van der Waals surface area (Å²) >= 11 is 0. The van der Waals surface area contributed by atoms with E-state index in [2.05, 4.69) is 25.0 Å². The third kappa shape index (κ3) is 1.95. The summed E-state index contributed by atoms with van der Waals surface area (Å²) in [6, 6.07) is 6.13. The predicted octanol–water partition coefficient (Wildman–Crippen LogP) is 3.48. The van der Waals surface area contributed by atoms with Crippen molar-refractivity contribution in [2.75, 3.05) is 0 Å². The lowest BCUT2D eigenvalue weighted by molar-refractivity contribution is 0.875. The number of pyridine rings is 1. The molecule has 0 aliphatic carbocycles. The Morgan fingerprint density at radius 2 is 1.93 bits per heavy atom. The van der Waals surface area contributed by atoms with E-state index in [9.17, 15) is 0 Å². The molecule has 0 aliphatic heterocycles. The molecule has 14 heavy (non-hydrogen) atoms. The van der Waals surface area contributed by atoms with Gasteiger partial charge in [0.25, 0.3) is 0 Å². The SMILES string of the molecule is CC.CC(C)c1cnn2ccccc12. The van der Waals surface area contributed by atoms with E-state index in [1.165, 1.54) is 11.1 Å². The molecule has 2 aromatic heterocycles. The highest BCUT2D eigenvalue weighted by molar-refractivity contribution is 5.54. The molecule has 0 unspecified atom stereocenters. The van der Waals surface area contributed by atoms with Gasteiger partial charge in [-0.3, -0.25) is 0 Å². The first-order valence-corrected chi connectivity index (χ1v) is 5.21. The lowest BCUT2D eigenvalue weighted by Crippen LogP contribution is -1.87. The van der Waals surface area contributed by atoms with E-state index in [1.54, 1.807) is 0 Å². The summed E-state index contributed by atoms with van der Waals surface area (Å²) in [5, 5.41) is 4.26. The third-order valence-electron chi connectivity index (χ3n) is 2.08. The third-order valence-corrected chi connectivity index (χ3v) is 2.08. The van der Waals surface area contributed by atoms with Gasteiger partial charge in [-0.05, 0) is 18.1 Å². The Bertz CT molecular complexity index is 388. The summed E-state index contributed by atoms with van der Waals surface area (Å²) in [7, 11) is 0. The second-order valence-corrected chi connectivity index (χ2v) is 3.29. The quantitative estimate of drug-likeness (QED) is 0.673. The van der Waals surface area contributed by atoms with Crippen LogP contribution in [0.5, 0.6) is 0 Å². The van der Waals surface area contributed by atoms with E-state index < -0.39 is 0 Å². The zero-order chi connectivity index (χ0) is 10.6. The van der Waals surface area contributed by atoms with Crippen molar-refractivity contribution in [1.82, 2.24) is 9.61 Å². The van der Waals surface area contributed by atoms with E-state index in [0.29, 0.717) is 5.92 Å². The van der Waals surface area contributed by atoms with Crippen molar-refractivity contribution in [2.45, 2.75) is 33.6 Å². The molecule has 0 amide bonds. The maximum Gasteiger partial charge on any atom is 0.0696 e. The van der Waals surface area contributed by atoms with Crippen LogP contribution in [0.15, 0.2) is 30.6 Å². The van der Waals surface area contributed by atoms with Gasteiger partial charge in [-0.15, -0.1) is 0 Å². The van der Waals surface area contributed by atoms with Crippen molar-refractivity contribution in [2.24, 2.45) is 0 Å². The van der Waals surface area contributed by atoms with E-state index >= 15 is 0 Å². The fourth-order valence-corrected chi connectivity index (χ4v) is 1.40. The Morgan fingerprint density at radius 1 is 1.21 bits per heavy atom. The molecule has 0 radical (unpaired) electrons. The minimum Gasteiger partial charge on any atom is -0.241 e. The number of rotatable bonds is 1. The highest BCUT2D eigenvalue weighted by Crippen LogP contribution is 2.19. The van der Waals surface area contributed by atoms with Gasteiger partial charge < -0.3 is 0 Å². The van der Waals surface area contributed by atoms with Crippen molar-refractivity contribution in [1.29, 1.82) is 0 Å². The van der Waals surface area contributed by atoms with Crippen LogP contribution < -0.4 is 0 Å². The van der Waals surface area contributed by atoms with Crippen LogP contribution in [0.1, 0.15) is 39.2 Å². The molecule has 0 N–H and O–H groups in total. The van der Waals surface area contributed by atoms with Crippen molar-refractivity contribution in [3.8, 4) is 0 Å². The van der Waals surface area contributed by atoms with Crippen LogP contribution >= 0.6 is 0 Å². The largest absolute Gasteiger partial charge is 0.241 e. The molecule has 0 fully saturated rings. The average molecular weight is 190 g/mol. The molecule has 2 heterocycles. The Labute approximate surface area is 85.6 Å². The number of hydrogen-bond acceptors (Lipinski definition) is 1. The highest BCUT2D eigenvalue weighted by atomic mass is 15.2. The lowest BCUT2D eigenvalue weighted by atomic mass is 10.1. The molecule has 2 rings (SSSR count). The van der Waals surface area contributed by atoms with Crippen LogP contribution in [0.3, 0.4) is 0 Å². The van der Waals surface area contributed by atoms with Crippen molar-refractivity contribution in [3.63, 3.8) is 0 Å². The minimum absolute atomic E-state index is 0.546. The van der Waals surface area contributed by atoms with Crippen molar-refractivity contribution >= 4 is 5.52 Å².